The highest BCUT2D eigenvalue weighted by Crippen LogP contribution is 2.21. The number of unbranched alkanes of at least 4 members (excludes halogenated alkanes) is 11. The highest BCUT2D eigenvalue weighted by atomic mass is 19.4. The molecule has 0 spiro atoms. The van der Waals surface area contributed by atoms with E-state index in [0.717, 1.165) is 17.5 Å². The Kier molecular flexibility index (Phi) is 14.9. The van der Waals surface area contributed by atoms with E-state index >= 15 is 0 Å². The van der Waals surface area contributed by atoms with E-state index in [0.29, 0.717) is 5.75 Å². The fourth-order valence-corrected chi connectivity index (χ4v) is 4.17. The fourth-order valence-electron chi connectivity index (χ4n) is 4.17. The maximum Gasteiger partial charge on any atom is 0.389 e. The lowest BCUT2D eigenvalue weighted by Crippen LogP contribution is -2.09. The van der Waals surface area contributed by atoms with Crippen LogP contribution >= 0.6 is 0 Å². The normalized spacial score (nSPS) is 11.2. The van der Waals surface area contributed by atoms with Crippen LogP contribution in [0, 0.1) is 11.8 Å². The van der Waals surface area contributed by atoms with Gasteiger partial charge in [0.25, 0.3) is 0 Å². The molecule has 0 radical (unpaired) electrons. The standard InChI is InChI=1S/C32H43F3O/c1-2-3-4-5-6-7-8-9-10-11-12-13-15-28-16-18-29(19-17-28)20-21-30-22-24-31(25-23-30)36-27-14-26-32(33,34)35/h16-19,22-25H,2-15,26-27H2,1H3. The van der Waals surface area contributed by atoms with Gasteiger partial charge >= 0.3 is 6.18 Å². The van der Waals surface area contributed by atoms with Crippen molar-refractivity contribution < 1.29 is 17.9 Å². The van der Waals surface area contributed by atoms with Gasteiger partial charge in [0.1, 0.15) is 5.75 Å². The summed E-state index contributed by atoms with van der Waals surface area (Å²) in [7, 11) is 0. The average molecular weight is 501 g/mol. The van der Waals surface area contributed by atoms with Crippen molar-refractivity contribution in [3.63, 3.8) is 0 Å². The van der Waals surface area contributed by atoms with Crippen LogP contribution in [0.25, 0.3) is 0 Å². The van der Waals surface area contributed by atoms with Crippen molar-refractivity contribution in [2.24, 2.45) is 0 Å². The number of ether oxygens (including phenoxy) is 1. The quantitative estimate of drug-likeness (QED) is 0.155. The molecule has 2 aromatic carbocycles. The second-order valence-corrected chi connectivity index (χ2v) is 9.68. The molecule has 0 aliphatic rings. The average Bonchev–Trinajstić information content (AvgIpc) is 2.87. The van der Waals surface area contributed by atoms with Gasteiger partial charge in [0.05, 0.1) is 6.61 Å². The fraction of sp³-hybridized carbons (Fsp3) is 0.562. The van der Waals surface area contributed by atoms with E-state index in [1.54, 1.807) is 12.1 Å². The van der Waals surface area contributed by atoms with Crippen LogP contribution < -0.4 is 4.74 Å². The van der Waals surface area contributed by atoms with E-state index in [1.807, 2.05) is 12.1 Å². The molecular weight excluding hydrogens is 457 g/mol. The first-order valence-electron chi connectivity index (χ1n) is 13.9. The van der Waals surface area contributed by atoms with Crippen molar-refractivity contribution in [2.45, 2.75) is 109 Å². The van der Waals surface area contributed by atoms with Gasteiger partial charge in [-0.2, -0.15) is 13.2 Å². The van der Waals surface area contributed by atoms with Crippen LogP contribution in [0.5, 0.6) is 5.75 Å². The molecule has 0 unspecified atom stereocenters. The second-order valence-electron chi connectivity index (χ2n) is 9.68. The summed E-state index contributed by atoms with van der Waals surface area (Å²) in [5.41, 5.74) is 3.18. The van der Waals surface area contributed by atoms with Gasteiger partial charge in [0.2, 0.25) is 0 Å². The van der Waals surface area contributed by atoms with E-state index in [2.05, 4.69) is 43.0 Å². The van der Waals surface area contributed by atoms with Crippen LogP contribution in [0.15, 0.2) is 48.5 Å². The third-order valence-corrected chi connectivity index (χ3v) is 6.35. The maximum absolute atomic E-state index is 12.2. The Hall–Kier alpha value is -2.41. The second kappa shape index (κ2) is 17.9. The van der Waals surface area contributed by atoms with Crippen molar-refractivity contribution in [1.29, 1.82) is 0 Å². The molecule has 2 rings (SSSR count). The minimum absolute atomic E-state index is 0.0413. The molecular formula is C32H43F3O. The van der Waals surface area contributed by atoms with Crippen molar-refractivity contribution in [3.8, 4) is 17.6 Å². The molecule has 0 heterocycles. The zero-order valence-electron chi connectivity index (χ0n) is 22.0. The lowest BCUT2D eigenvalue weighted by Gasteiger charge is -2.08. The molecule has 1 nitrogen and oxygen atoms in total. The highest BCUT2D eigenvalue weighted by Gasteiger charge is 2.26. The van der Waals surface area contributed by atoms with Crippen molar-refractivity contribution >= 4 is 0 Å². The summed E-state index contributed by atoms with van der Waals surface area (Å²) in [6, 6.07) is 15.6. The summed E-state index contributed by atoms with van der Waals surface area (Å²) in [6.07, 6.45) is 12.5. The van der Waals surface area contributed by atoms with Gasteiger partial charge < -0.3 is 4.74 Å². The van der Waals surface area contributed by atoms with E-state index in [9.17, 15) is 13.2 Å². The van der Waals surface area contributed by atoms with Crippen LogP contribution in [0.2, 0.25) is 0 Å². The molecule has 0 amide bonds. The predicted octanol–water partition coefficient (Wildman–Crippen LogP) is 10.1. The molecule has 0 saturated heterocycles. The summed E-state index contributed by atoms with van der Waals surface area (Å²) in [5.74, 6) is 6.87. The van der Waals surface area contributed by atoms with E-state index in [-0.39, 0.29) is 13.0 Å². The summed E-state index contributed by atoms with van der Waals surface area (Å²) in [4.78, 5) is 0. The van der Waals surface area contributed by atoms with Crippen molar-refractivity contribution in [3.05, 3.63) is 65.2 Å². The molecule has 0 N–H and O–H groups in total. The minimum atomic E-state index is -4.13. The number of halogens is 3. The van der Waals surface area contributed by atoms with Gasteiger partial charge in [-0.05, 0) is 61.2 Å². The number of hydrogen-bond donors (Lipinski definition) is 0. The third kappa shape index (κ3) is 14.9. The molecule has 0 aromatic heterocycles. The van der Waals surface area contributed by atoms with Gasteiger partial charge in [-0.25, -0.2) is 0 Å². The Bertz CT molecular complexity index is 873. The molecule has 2 aromatic rings. The maximum atomic E-state index is 12.2. The minimum Gasteiger partial charge on any atom is -0.494 e. The molecule has 4 heteroatoms. The Morgan fingerprint density at radius 1 is 0.611 bits per heavy atom. The SMILES string of the molecule is CCCCCCCCCCCCCCc1ccc(C#Cc2ccc(OCCCC(F)(F)F)cc2)cc1. The van der Waals surface area contributed by atoms with Crippen LogP contribution in [-0.4, -0.2) is 12.8 Å². The predicted molar refractivity (Wildman–Crippen MR) is 144 cm³/mol. The highest BCUT2D eigenvalue weighted by molar-refractivity contribution is 5.44. The Morgan fingerprint density at radius 3 is 1.58 bits per heavy atom. The van der Waals surface area contributed by atoms with E-state index in [4.69, 9.17) is 4.74 Å². The smallest absolute Gasteiger partial charge is 0.389 e. The Balaban J connectivity index is 1.58. The van der Waals surface area contributed by atoms with Gasteiger partial charge in [-0.1, -0.05) is 102 Å². The lowest BCUT2D eigenvalue weighted by atomic mass is 10.0. The van der Waals surface area contributed by atoms with Gasteiger partial charge in [0.15, 0.2) is 0 Å². The van der Waals surface area contributed by atoms with Crippen LogP contribution in [-0.2, 0) is 6.42 Å². The summed E-state index contributed by atoms with van der Waals surface area (Å²) < 4.78 is 41.9. The van der Waals surface area contributed by atoms with E-state index < -0.39 is 12.6 Å². The molecule has 0 aliphatic carbocycles. The molecule has 36 heavy (non-hydrogen) atoms. The number of alkyl halides is 3. The van der Waals surface area contributed by atoms with Crippen molar-refractivity contribution in [2.75, 3.05) is 6.61 Å². The Morgan fingerprint density at radius 2 is 1.08 bits per heavy atom. The number of rotatable bonds is 17. The first kappa shape index (κ1) is 29.8. The molecule has 0 aliphatic heterocycles. The third-order valence-electron chi connectivity index (χ3n) is 6.35. The van der Waals surface area contributed by atoms with Crippen LogP contribution in [0.3, 0.4) is 0 Å². The zero-order chi connectivity index (χ0) is 25.9. The zero-order valence-corrected chi connectivity index (χ0v) is 22.0. The molecule has 0 bridgehead atoms. The molecule has 0 atom stereocenters. The van der Waals surface area contributed by atoms with Crippen LogP contribution in [0.1, 0.15) is 114 Å². The number of hydrogen-bond acceptors (Lipinski definition) is 1. The largest absolute Gasteiger partial charge is 0.494 e. The summed E-state index contributed by atoms with van der Waals surface area (Å²) >= 11 is 0. The van der Waals surface area contributed by atoms with Crippen LogP contribution in [0.4, 0.5) is 13.2 Å². The Labute approximate surface area is 216 Å². The van der Waals surface area contributed by atoms with E-state index in [1.165, 1.54) is 82.6 Å². The number of aryl methyl sites for hydroxylation is 1. The molecule has 0 fully saturated rings. The van der Waals surface area contributed by atoms with Gasteiger partial charge in [0, 0.05) is 17.5 Å². The van der Waals surface area contributed by atoms with Gasteiger partial charge in [-0.3, -0.25) is 0 Å². The summed E-state index contributed by atoms with van der Waals surface area (Å²) in [6.45, 7) is 2.32. The first-order valence-corrected chi connectivity index (χ1v) is 13.9. The molecule has 0 saturated carbocycles. The summed E-state index contributed by atoms with van der Waals surface area (Å²) in [5, 5.41) is 0. The van der Waals surface area contributed by atoms with Crippen molar-refractivity contribution in [1.82, 2.24) is 0 Å². The number of benzene rings is 2. The lowest BCUT2D eigenvalue weighted by molar-refractivity contribution is -0.136. The topological polar surface area (TPSA) is 9.23 Å². The first-order chi connectivity index (χ1) is 17.5. The monoisotopic (exact) mass is 500 g/mol. The molecule has 198 valence electrons. The van der Waals surface area contributed by atoms with Gasteiger partial charge in [-0.15, -0.1) is 0 Å².